The van der Waals surface area contributed by atoms with Gasteiger partial charge in [0.05, 0.1) is 10.9 Å². The average Bonchev–Trinajstić information content (AvgIpc) is 3.51. The lowest BCUT2D eigenvalue weighted by atomic mass is 9.94. The van der Waals surface area contributed by atoms with Gasteiger partial charge in [-0.25, -0.2) is 13.2 Å². The van der Waals surface area contributed by atoms with Crippen LogP contribution in [0.2, 0.25) is 0 Å². The zero-order valence-corrected chi connectivity index (χ0v) is 24.7. The molecule has 0 bridgehead atoms. The molecular formula is C33H35F3N6O2. The number of aromatic nitrogens is 3. The highest BCUT2D eigenvalue weighted by Gasteiger charge is 2.50. The van der Waals surface area contributed by atoms with E-state index in [1.807, 2.05) is 6.92 Å². The second-order valence-corrected chi connectivity index (χ2v) is 13.0. The molecule has 1 spiro atoms. The Bertz CT molecular complexity index is 1800. The summed E-state index contributed by atoms with van der Waals surface area (Å²) in [6.07, 6.45) is 5.39. The molecule has 0 unspecified atom stereocenters. The summed E-state index contributed by atoms with van der Waals surface area (Å²) in [5.74, 6) is -0.624. The topological polar surface area (TPSA) is 86.6 Å². The van der Waals surface area contributed by atoms with Crippen LogP contribution in [0.5, 0.6) is 11.8 Å². The van der Waals surface area contributed by atoms with E-state index in [-0.39, 0.29) is 40.7 Å². The molecule has 2 atom stereocenters. The van der Waals surface area contributed by atoms with Gasteiger partial charge in [0, 0.05) is 49.9 Å². The molecule has 44 heavy (non-hydrogen) atoms. The average molecular weight is 605 g/mol. The van der Waals surface area contributed by atoms with Crippen LogP contribution in [-0.4, -0.2) is 81.5 Å². The third kappa shape index (κ3) is 4.46. The molecule has 1 aliphatic carbocycles. The first-order valence-corrected chi connectivity index (χ1v) is 15.6. The van der Waals surface area contributed by atoms with Crippen molar-refractivity contribution in [1.29, 1.82) is 0 Å². The van der Waals surface area contributed by atoms with Crippen LogP contribution in [0.25, 0.3) is 32.9 Å². The number of phenolic OH excluding ortho intramolecular Hbond substituents is 1. The van der Waals surface area contributed by atoms with Crippen molar-refractivity contribution in [3.63, 3.8) is 0 Å². The van der Waals surface area contributed by atoms with Gasteiger partial charge in [-0.3, -0.25) is 9.88 Å². The first kappa shape index (κ1) is 27.8. The quantitative estimate of drug-likeness (QED) is 0.307. The van der Waals surface area contributed by atoms with Gasteiger partial charge in [0.2, 0.25) is 0 Å². The fourth-order valence-electron chi connectivity index (χ4n) is 7.82. The number of aromatic hydroxyl groups is 1. The van der Waals surface area contributed by atoms with Crippen molar-refractivity contribution >= 4 is 27.5 Å². The predicted molar refractivity (Wildman–Crippen MR) is 162 cm³/mol. The Kier molecular flexibility index (Phi) is 6.43. The minimum atomic E-state index is -0.899. The van der Waals surface area contributed by atoms with E-state index in [2.05, 4.69) is 25.1 Å². The lowest BCUT2D eigenvalue weighted by molar-refractivity contribution is 0.107. The van der Waals surface area contributed by atoms with Crippen molar-refractivity contribution in [2.45, 2.75) is 62.7 Å². The molecule has 3 saturated heterocycles. The largest absolute Gasteiger partial charge is 0.508 e. The van der Waals surface area contributed by atoms with E-state index >= 15 is 4.39 Å². The molecule has 8 nitrogen and oxygen atoms in total. The summed E-state index contributed by atoms with van der Waals surface area (Å²) < 4.78 is 52.4. The van der Waals surface area contributed by atoms with E-state index in [9.17, 15) is 13.9 Å². The molecule has 2 aromatic carbocycles. The summed E-state index contributed by atoms with van der Waals surface area (Å²) in [7, 11) is 0. The molecule has 4 aliphatic rings. The summed E-state index contributed by atoms with van der Waals surface area (Å²) in [6.45, 7) is 5.46. The lowest BCUT2D eigenvalue weighted by Crippen LogP contribution is -2.52. The van der Waals surface area contributed by atoms with Gasteiger partial charge in [0.15, 0.2) is 5.82 Å². The third-order valence-electron chi connectivity index (χ3n) is 10.2. The molecule has 5 heterocycles. The van der Waals surface area contributed by atoms with Gasteiger partial charge in [-0.15, -0.1) is 0 Å². The highest BCUT2D eigenvalue weighted by molar-refractivity contribution is 6.01. The molecule has 4 fully saturated rings. The van der Waals surface area contributed by atoms with Crippen LogP contribution in [0.4, 0.5) is 19.0 Å². The summed E-state index contributed by atoms with van der Waals surface area (Å²) >= 11 is 0. The molecule has 1 saturated carbocycles. The molecule has 0 amide bonds. The fraction of sp³-hybridized carbons (Fsp3) is 0.485. The number of hydrogen-bond donors (Lipinski definition) is 2. The number of halogens is 3. The number of ether oxygens (including phenoxy) is 1. The zero-order chi connectivity index (χ0) is 30.2. The Hall–Kier alpha value is -3.70. The Balaban J connectivity index is 1.27. The molecule has 2 N–H and O–H groups in total. The molecule has 4 aromatic rings. The highest BCUT2D eigenvalue weighted by Crippen LogP contribution is 2.43. The van der Waals surface area contributed by atoms with Crippen LogP contribution in [-0.2, 0) is 6.42 Å². The molecule has 2 aromatic heterocycles. The van der Waals surface area contributed by atoms with Gasteiger partial charge in [-0.1, -0.05) is 13.0 Å². The van der Waals surface area contributed by atoms with E-state index in [1.165, 1.54) is 18.2 Å². The van der Waals surface area contributed by atoms with Gasteiger partial charge in [-0.2, -0.15) is 9.97 Å². The Morgan fingerprint density at radius 2 is 2.00 bits per heavy atom. The number of phenols is 1. The van der Waals surface area contributed by atoms with Crippen molar-refractivity contribution in [2.75, 3.05) is 44.2 Å². The molecule has 230 valence electrons. The van der Waals surface area contributed by atoms with Crippen molar-refractivity contribution in [1.82, 2.24) is 25.2 Å². The van der Waals surface area contributed by atoms with Crippen LogP contribution in [0.1, 0.15) is 44.6 Å². The van der Waals surface area contributed by atoms with Gasteiger partial charge >= 0.3 is 6.01 Å². The SMILES string of the molecule is CCc1c(F)ccc2cc(O)cc(-c3ncc4c(N5CCNC6(CC6)C5)nc(OC[C@@]56CCCN5C[C@H](F)C6)nc4c3F)c12. The Morgan fingerprint density at radius 3 is 2.82 bits per heavy atom. The van der Waals surface area contributed by atoms with E-state index in [1.54, 1.807) is 12.3 Å². The first-order valence-electron chi connectivity index (χ1n) is 15.6. The van der Waals surface area contributed by atoms with Gasteiger partial charge in [0.25, 0.3) is 0 Å². The molecule has 11 heteroatoms. The van der Waals surface area contributed by atoms with E-state index in [0.29, 0.717) is 53.5 Å². The standard InChI is InChI=1S/C33H35F3N6O2/c1-2-22-25(35)5-4-19-12-21(43)13-23(26(19)22)28-27(36)29-24(15-37-28)30(41-11-9-38-32(17-41)7-8-32)40-31(39-29)44-18-33-6-3-10-42(33)16-20(34)14-33/h4-5,12-13,15,20,38,43H,2-3,6-11,14,16-18H2,1H3/t20-,33+/m1/s1. The second kappa shape index (κ2) is 10.2. The van der Waals surface area contributed by atoms with Crippen molar-refractivity contribution < 1.29 is 23.0 Å². The van der Waals surface area contributed by atoms with Crippen molar-refractivity contribution in [2.24, 2.45) is 0 Å². The number of piperazine rings is 1. The normalized spacial score (nSPS) is 24.5. The van der Waals surface area contributed by atoms with Crippen molar-refractivity contribution in [3.05, 3.63) is 47.7 Å². The third-order valence-corrected chi connectivity index (χ3v) is 10.2. The summed E-state index contributed by atoms with van der Waals surface area (Å²) in [6, 6.07) is 5.94. The number of benzene rings is 2. The number of aryl methyl sites for hydroxylation is 1. The van der Waals surface area contributed by atoms with Crippen LogP contribution >= 0.6 is 0 Å². The Labute approximate surface area is 253 Å². The fourth-order valence-corrected chi connectivity index (χ4v) is 7.82. The van der Waals surface area contributed by atoms with Crippen LogP contribution in [0.3, 0.4) is 0 Å². The predicted octanol–water partition coefficient (Wildman–Crippen LogP) is 5.29. The minimum Gasteiger partial charge on any atom is -0.508 e. The van der Waals surface area contributed by atoms with Crippen LogP contribution in [0, 0.1) is 11.6 Å². The molecular weight excluding hydrogens is 569 g/mol. The van der Waals surface area contributed by atoms with E-state index in [0.717, 1.165) is 45.3 Å². The van der Waals surface area contributed by atoms with Crippen LogP contribution in [0.15, 0.2) is 30.5 Å². The maximum absolute atomic E-state index is 16.8. The second-order valence-electron chi connectivity index (χ2n) is 13.0. The maximum atomic E-state index is 16.8. The zero-order valence-electron chi connectivity index (χ0n) is 24.7. The van der Waals surface area contributed by atoms with Gasteiger partial charge in [0.1, 0.15) is 41.4 Å². The number of fused-ring (bicyclic) bond motifs is 3. The number of pyridine rings is 1. The summed E-state index contributed by atoms with van der Waals surface area (Å²) in [4.78, 5) is 18.2. The molecule has 3 aliphatic heterocycles. The maximum Gasteiger partial charge on any atom is 0.319 e. The van der Waals surface area contributed by atoms with E-state index < -0.39 is 23.3 Å². The van der Waals surface area contributed by atoms with Gasteiger partial charge < -0.3 is 20.1 Å². The number of alkyl halides is 1. The molecule has 0 radical (unpaired) electrons. The highest BCUT2D eigenvalue weighted by atomic mass is 19.1. The summed E-state index contributed by atoms with van der Waals surface area (Å²) in [5.41, 5.74) is 0.341. The monoisotopic (exact) mass is 604 g/mol. The number of rotatable bonds is 6. The first-order chi connectivity index (χ1) is 21.3. The summed E-state index contributed by atoms with van der Waals surface area (Å²) in [5, 5.41) is 15.7. The van der Waals surface area contributed by atoms with Crippen molar-refractivity contribution in [3.8, 4) is 23.0 Å². The number of nitrogens with zero attached hydrogens (tertiary/aromatic N) is 5. The smallest absolute Gasteiger partial charge is 0.319 e. The van der Waals surface area contributed by atoms with E-state index in [4.69, 9.17) is 9.72 Å². The molecule has 8 rings (SSSR count). The number of anilines is 1. The minimum absolute atomic E-state index is 0.0346. The lowest BCUT2D eigenvalue weighted by Gasteiger charge is -2.35. The van der Waals surface area contributed by atoms with Crippen LogP contribution < -0.4 is 15.0 Å². The number of nitrogens with one attached hydrogen (secondary N) is 1. The number of hydrogen-bond acceptors (Lipinski definition) is 8. The van der Waals surface area contributed by atoms with Gasteiger partial charge in [-0.05, 0) is 73.2 Å². The Morgan fingerprint density at radius 1 is 1.14 bits per heavy atom.